The van der Waals surface area contributed by atoms with Crippen molar-refractivity contribution in [1.29, 1.82) is 0 Å². The summed E-state index contributed by atoms with van der Waals surface area (Å²) < 4.78 is 0. The van der Waals surface area contributed by atoms with E-state index in [0.717, 1.165) is 35.8 Å². The van der Waals surface area contributed by atoms with E-state index in [1.54, 1.807) is 11.3 Å². The van der Waals surface area contributed by atoms with Crippen LogP contribution in [0, 0.1) is 0 Å². The molecule has 0 atom stereocenters. The SMILES string of the molecule is CCN(CC(=O)O)C1CC(Nc2nc(-c3ccccc3)cs2)C1. The molecule has 1 aliphatic rings. The number of anilines is 1. The Hall–Kier alpha value is -1.92. The molecular formula is C17H21N3O2S. The van der Waals surface area contributed by atoms with Crippen LogP contribution in [0.5, 0.6) is 0 Å². The molecule has 1 fully saturated rings. The summed E-state index contributed by atoms with van der Waals surface area (Å²) in [5, 5.41) is 15.4. The number of hydrogen-bond donors (Lipinski definition) is 2. The molecule has 122 valence electrons. The van der Waals surface area contributed by atoms with Crippen molar-refractivity contribution in [2.45, 2.75) is 31.8 Å². The van der Waals surface area contributed by atoms with Crippen molar-refractivity contribution < 1.29 is 9.90 Å². The largest absolute Gasteiger partial charge is 0.480 e. The second kappa shape index (κ2) is 7.10. The van der Waals surface area contributed by atoms with E-state index in [2.05, 4.69) is 27.8 Å². The minimum atomic E-state index is -0.754. The number of thiazole rings is 1. The number of carboxylic acids is 1. The Labute approximate surface area is 140 Å². The summed E-state index contributed by atoms with van der Waals surface area (Å²) in [6, 6.07) is 10.9. The fourth-order valence-electron chi connectivity index (χ4n) is 2.93. The summed E-state index contributed by atoms with van der Waals surface area (Å²) in [7, 11) is 0. The van der Waals surface area contributed by atoms with Crippen LogP contribution in [0.25, 0.3) is 11.3 Å². The van der Waals surface area contributed by atoms with Gasteiger partial charge >= 0.3 is 5.97 Å². The van der Waals surface area contributed by atoms with Gasteiger partial charge in [-0.25, -0.2) is 4.98 Å². The topological polar surface area (TPSA) is 65.5 Å². The lowest BCUT2D eigenvalue weighted by Crippen LogP contribution is -2.51. The first kappa shape index (κ1) is 16.0. The normalized spacial score (nSPS) is 20.3. The molecule has 6 heteroatoms. The van der Waals surface area contributed by atoms with Crippen molar-refractivity contribution in [3.8, 4) is 11.3 Å². The summed E-state index contributed by atoms with van der Waals surface area (Å²) in [4.78, 5) is 17.5. The molecule has 1 aromatic heterocycles. The van der Waals surface area contributed by atoms with E-state index in [4.69, 9.17) is 5.11 Å². The van der Waals surface area contributed by atoms with E-state index in [0.29, 0.717) is 12.1 Å². The molecule has 5 nitrogen and oxygen atoms in total. The number of carbonyl (C=O) groups is 1. The van der Waals surface area contributed by atoms with Crippen LogP contribution in [0.2, 0.25) is 0 Å². The third-order valence-electron chi connectivity index (χ3n) is 4.28. The maximum atomic E-state index is 10.9. The lowest BCUT2D eigenvalue weighted by atomic mass is 9.85. The molecule has 2 aromatic rings. The Morgan fingerprint density at radius 3 is 2.78 bits per heavy atom. The Balaban J connectivity index is 1.52. The van der Waals surface area contributed by atoms with Gasteiger partial charge in [-0.1, -0.05) is 37.3 Å². The van der Waals surface area contributed by atoms with E-state index in [1.807, 2.05) is 30.0 Å². The molecule has 1 aromatic carbocycles. The number of rotatable bonds is 7. The molecule has 1 aliphatic carbocycles. The molecule has 0 bridgehead atoms. The maximum Gasteiger partial charge on any atom is 0.317 e. The molecule has 0 radical (unpaired) electrons. The highest BCUT2D eigenvalue weighted by Crippen LogP contribution is 2.31. The first-order valence-electron chi connectivity index (χ1n) is 7.89. The van der Waals surface area contributed by atoms with Crippen LogP contribution in [-0.4, -0.2) is 46.1 Å². The van der Waals surface area contributed by atoms with E-state index >= 15 is 0 Å². The molecule has 0 unspecified atom stereocenters. The molecule has 0 amide bonds. The first-order chi connectivity index (χ1) is 11.2. The summed E-state index contributed by atoms with van der Waals surface area (Å²) >= 11 is 1.62. The van der Waals surface area contributed by atoms with Crippen LogP contribution >= 0.6 is 11.3 Å². The predicted molar refractivity (Wildman–Crippen MR) is 92.9 cm³/mol. The summed E-state index contributed by atoms with van der Waals surface area (Å²) in [6.07, 6.45) is 1.95. The van der Waals surface area contributed by atoms with E-state index < -0.39 is 5.97 Å². The van der Waals surface area contributed by atoms with Crippen molar-refractivity contribution in [2.75, 3.05) is 18.4 Å². The minimum absolute atomic E-state index is 0.128. The van der Waals surface area contributed by atoms with Gasteiger partial charge in [-0.05, 0) is 19.4 Å². The lowest BCUT2D eigenvalue weighted by Gasteiger charge is -2.42. The number of aromatic nitrogens is 1. The molecule has 0 spiro atoms. The number of likely N-dealkylation sites (N-methyl/N-ethyl adjacent to an activating group) is 1. The van der Waals surface area contributed by atoms with Crippen molar-refractivity contribution in [2.24, 2.45) is 0 Å². The molecule has 2 N–H and O–H groups in total. The third kappa shape index (κ3) is 3.89. The monoisotopic (exact) mass is 331 g/mol. The van der Waals surface area contributed by atoms with Gasteiger partial charge in [0.05, 0.1) is 12.2 Å². The summed E-state index contributed by atoms with van der Waals surface area (Å²) in [5.41, 5.74) is 2.12. The Bertz CT molecular complexity index is 653. The molecule has 0 aliphatic heterocycles. The number of carboxylic acid groups (broad SMARTS) is 1. The van der Waals surface area contributed by atoms with Crippen LogP contribution < -0.4 is 5.32 Å². The average molecular weight is 331 g/mol. The van der Waals surface area contributed by atoms with Gasteiger partial charge in [0.25, 0.3) is 0 Å². The second-order valence-corrected chi connectivity index (χ2v) is 6.69. The van der Waals surface area contributed by atoms with Gasteiger partial charge < -0.3 is 10.4 Å². The molecule has 23 heavy (non-hydrogen) atoms. The lowest BCUT2D eigenvalue weighted by molar-refractivity contribution is -0.139. The van der Waals surface area contributed by atoms with Gasteiger partial charge in [0.1, 0.15) is 0 Å². The molecule has 3 rings (SSSR count). The Morgan fingerprint density at radius 2 is 2.13 bits per heavy atom. The highest BCUT2D eigenvalue weighted by atomic mass is 32.1. The number of hydrogen-bond acceptors (Lipinski definition) is 5. The predicted octanol–water partition coefficient (Wildman–Crippen LogP) is 3.16. The van der Waals surface area contributed by atoms with E-state index in [-0.39, 0.29) is 6.54 Å². The first-order valence-corrected chi connectivity index (χ1v) is 8.77. The van der Waals surface area contributed by atoms with Gasteiger partial charge in [0.15, 0.2) is 5.13 Å². The zero-order chi connectivity index (χ0) is 16.2. The summed E-state index contributed by atoms with van der Waals surface area (Å²) in [6.45, 7) is 2.92. The maximum absolute atomic E-state index is 10.9. The van der Waals surface area contributed by atoms with E-state index in [1.165, 1.54) is 0 Å². The van der Waals surface area contributed by atoms with Crippen LogP contribution in [0.15, 0.2) is 35.7 Å². The fourth-order valence-corrected chi connectivity index (χ4v) is 3.73. The number of aliphatic carboxylic acids is 1. The van der Waals surface area contributed by atoms with Gasteiger partial charge in [-0.3, -0.25) is 9.69 Å². The van der Waals surface area contributed by atoms with Crippen LogP contribution in [-0.2, 0) is 4.79 Å². The van der Waals surface area contributed by atoms with Crippen LogP contribution in [0.3, 0.4) is 0 Å². The van der Waals surface area contributed by atoms with Crippen molar-refractivity contribution in [1.82, 2.24) is 9.88 Å². The van der Waals surface area contributed by atoms with Crippen molar-refractivity contribution in [3.63, 3.8) is 0 Å². The minimum Gasteiger partial charge on any atom is -0.480 e. The quantitative estimate of drug-likeness (QED) is 0.816. The van der Waals surface area contributed by atoms with Crippen LogP contribution in [0.4, 0.5) is 5.13 Å². The van der Waals surface area contributed by atoms with Gasteiger partial charge in [-0.15, -0.1) is 11.3 Å². The molecule has 1 saturated carbocycles. The van der Waals surface area contributed by atoms with Gasteiger partial charge in [0, 0.05) is 23.0 Å². The molecule has 1 heterocycles. The Morgan fingerprint density at radius 1 is 1.39 bits per heavy atom. The zero-order valence-electron chi connectivity index (χ0n) is 13.1. The van der Waals surface area contributed by atoms with E-state index in [9.17, 15) is 4.79 Å². The highest BCUT2D eigenvalue weighted by molar-refractivity contribution is 7.14. The standard InChI is InChI=1S/C17H21N3O2S/c1-2-20(10-16(21)22)14-8-13(9-14)18-17-19-15(11-23-17)12-6-4-3-5-7-12/h3-7,11,13-14H,2,8-10H2,1H3,(H,18,19)(H,21,22). The average Bonchev–Trinajstić information content (AvgIpc) is 2.98. The van der Waals surface area contributed by atoms with Gasteiger partial charge in [-0.2, -0.15) is 0 Å². The second-order valence-electron chi connectivity index (χ2n) is 5.83. The number of benzene rings is 1. The fraction of sp³-hybridized carbons (Fsp3) is 0.412. The number of nitrogens with one attached hydrogen (secondary N) is 1. The third-order valence-corrected chi connectivity index (χ3v) is 5.05. The summed E-state index contributed by atoms with van der Waals surface area (Å²) in [5.74, 6) is -0.754. The van der Waals surface area contributed by atoms with Crippen molar-refractivity contribution >= 4 is 22.4 Å². The number of nitrogens with zero attached hydrogens (tertiary/aromatic N) is 2. The molecular weight excluding hydrogens is 310 g/mol. The zero-order valence-corrected chi connectivity index (χ0v) is 13.9. The van der Waals surface area contributed by atoms with Crippen molar-refractivity contribution in [3.05, 3.63) is 35.7 Å². The van der Waals surface area contributed by atoms with Crippen LogP contribution in [0.1, 0.15) is 19.8 Å². The Kier molecular flexibility index (Phi) is 4.93. The molecule has 0 saturated heterocycles. The smallest absolute Gasteiger partial charge is 0.317 e. The van der Waals surface area contributed by atoms with Gasteiger partial charge in [0.2, 0.25) is 0 Å². The highest BCUT2D eigenvalue weighted by Gasteiger charge is 2.34.